The summed E-state index contributed by atoms with van der Waals surface area (Å²) in [5, 5.41) is 0. The second kappa shape index (κ2) is 7.87. The Bertz CT molecular complexity index is 859. The lowest BCUT2D eigenvalue weighted by Crippen LogP contribution is -2.47. The van der Waals surface area contributed by atoms with Gasteiger partial charge in [-0.3, -0.25) is 9.69 Å². The van der Waals surface area contributed by atoms with Crippen molar-refractivity contribution in [2.45, 2.75) is 25.4 Å². The number of halogens is 2. The van der Waals surface area contributed by atoms with E-state index in [1.807, 2.05) is 18.2 Å². The first-order valence-corrected chi connectivity index (χ1v) is 9.66. The number of nitrogens with zero attached hydrogens (tertiary/aromatic N) is 2. The summed E-state index contributed by atoms with van der Waals surface area (Å²) in [6, 6.07) is 12.9. The van der Waals surface area contributed by atoms with Gasteiger partial charge in [0.2, 0.25) is 5.82 Å². The minimum absolute atomic E-state index is 0.0134. The Hall–Kier alpha value is -2.47. The lowest BCUT2D eigenvalue weighted by molar-refractivity contribution is 0.0579. The fourth-order valence-corrected chi connectivity index (χ4v) is 4.41. The fourth-order valence-electron chi connectivity index (χ4n) is 4.41. The number of methoxy groups -OCH3 is 1. The van der Waals surface area contributed by atoms with Crippen molar-refractivity contribution in [2.24, 2.45) is 5.92 Å². The highest BCUT2D eigenvalue weighted by atomic mass is 19.2. The summed E-state index contributed by atoms with van der Waals surface area (Å²) in [5.74, 6) is -2.53. The zero-order chi connectivity index (χ0) is 19.7. The topological polar surface area (TPSA) is 32.8 Å². The van der Waals surface area contributed by atoms with Gasteiger partial charge in [-0.2, -0.15) is 4.39 Å². The highest BCUT2D eigenvalue weighted by Gasteiger charge is 2.38. The first-order chi connectivity index (χ1) is 13.6. The zero-order valence-electron chi connectivity index (χ0n) is 15.9. The van der Waals surface area contributed by atoms with Crippen LogP contribution in [0.15, 0.2) is 42.5 Å². The molecular weight excluding hydrogens is 362 g/mol. The quantitative estimate of drug-likeness (QED) is 0.803. The van der Waals surface area contributed by atoms with Gasteiger partial charge in [-0.25, -0.2) is 4.39 Å². The van der Waals surface area contributed by atoms with E-state index in [1.54, 1.807) is 4.90 Å². The van der Waals surface area contributed by atoms with Gasteiger partial charge in [0, 0.05) is 32.2 Å². The summed E-state index contributed by atoms with van der Waals surface area (Å²) < 4.78 is 33.3. The number of benzene rings is 2. The number of hydrogen-bond donors (Lipinski definition) is 0. The third-order valence-corrected chi connectivity index (χ3v) is 5.80. The maximum absolute atomic E-state index is 14.4. The highest BCUT2D eigenvalue weighted by molar-refractivity contribution is 5.95. The number of fused-ring (bicyclic) bond motifs is 4. The number of piperidine rings is 1. The summed E-state index contributed by atoms with van der Waals surface area (Å²) in [5.41, 5.74) is 1.02. The number of ether oxygens (including phenoxy) is 1. The molecule has 0 unspecified atom stereocenters. The lowest BCUT2D eigenvalue weighted by atomic mass is 9.94. The Labute approximate surface area is 163 Å². The molecule has 3 aliphatic heterocycles. The number of rotatable bonds is 4. The SMILES string of the molecule is COc1ccc(C(=O)N2C[C@H]3CC[C@@H]2CN(Cc2ccccc2)C3)c(F)c1F. The summed E-state index contributed by atoms with van der Waals surface area (Å²) >= 11 is 0. The second-order valence-corrected chi connectivity index (χ2v) is 7.68. The maximum atomic E-state index is 14.4. The van der Waals surface area contributed by atoms with Crippen molar-refractivity contribution < 1.29 is 18.3 Å². The van der Waals surface area contributed by atoms with Crippen LogP contribution in [0, 0.1) is 17.6 Å². The van der Waals surface area contributed by atoms with E-state index in [9.17, 15) is 13.6 Å². The molecule has 4 nitrogen and oxygen atoms in total. The predicted molar refractivity (Wildman–Crippen MR) is 102 cm³/mol. The molecule has 3 fully saturated rings. The molecule has 2 atom stereocenters. The molecule has 3 saturated heterocycles. The van der Waals surface area contributed by atoms with Crippen molar-refractivity contribution in [1.29, 1.82) is 0 Å². The van der Waals surface area contributed by atoms with Crippen molar-refractivity contribution in [1.82, 2.24) is 9.80 Å². The normalized spacial score (nSPS) is 22.2. The molecule has 0 N–H and O–H groups in total. The van der Waals surface area contributed by atoms with Crippen LogP contribution in [0.2, 0.25) is 0 Å². The van der Waals surface area contributed by atoms with Crippen molar-refractivity contribution in [3.63, 3.8) is 0 Å². The number of carbonyl (C=O) groups is 1. The molecule has 1 amide bonds. The van der Waals surface area contributed by atoms with Gasteiger partial charge in [0.25, 0.3) is 5.91 Å². The van der Waals surface area contributed by atoms with Crippen LogP contribution in [0.3, 0.4) is 0 Å². The highest BCUT2D eigenvalue weighted by Crippen LogP contribution is 2.31. The fraction of sp³-hybridized carbons (Fsp3) is 0.409. The molecule has 2 aromatic carbocycles. The summed E-state index contributed by atoms with van der Waals surface area (Å²) in [6.07, 6.45) is 1.95. The second-order valence-electron chi connectivity index (χ2n) is 7.68. The molecule has 0 aliphatic carbocycles. The molecule has 0 spiro atoms. The average molecular weight is 386 g/mol. The molecule has 0 radical (unpaired) electrons. The van der Waals surface area contributed by atoms with Crippen molar-refractivity contribution in [3.8, 4) is 5.75 Å². The molecule has 2 bridgehead atoms. The van der Waals surface area contributed by atoms with Gasteiger partial charge in [-0.15, -0.1) is 0 Å². The molecule has 2 aromatic rings. The monoisotopic (exact) mass is 386 g/mol. The van der Waals surface area contributed by atoms with Crippen LogP contribution >= 0.6 is 0 Å². The van der Waals surface area contributed by atoms with Crippen LogP contribution in [0.5, 0.6) is 5.75 Å². The minimum atomic E-state index is -1.13. The molecule has 6 heteroatoms. The molecule has 3 aliphatic rings. The van der Waals surface area contributed by atoms with Crippen LogP contribution in [0.1, 0.15) is 28.8 Å². The molecule has 3 heterocycles. The Kier molecular flexibility index (Phi) is 5.31. The Morgan fingerprint density at radius 2 is 1.82 bits per heavy atom. The number of carbonyl (C=O) groups excluding carboxylic acids is 1. The Morgan fingerprint density at radius 1 is 1.04 bits per heavy atom. The van der Waals surface area contributed by atoms with Gasteiger partial charge in [0.05, 0.1) is 12.7 Å². The van der Waals surface area contributed by atoms with Crippen LogP contribution in [-0.2, 0) is 6.54 Å². The summed E-state index contributed by atoms with van der Waals surface area (Å²) in [4.78, 5) is 17.2. The summed E-state index contributed by atoms with van der Waals surface area (Å²) in [7, 11) is 1.27. The van der Waals surface area contributed by atoms with Gasteiger partial charge < -0.3 is 9.64 Å². The van der Waals surface area contributed by atoms with Crippen molar-refractivity contribution in [2.75, 3.05) is 26.7 Å². The van der Waals surface area contributed by atoms with Gasteiger partial charge in [-0.1, -0.05) is 30.3 Å². The van der Waals surface area contributed by atoms with Gasteiger partial charge >= 0.3 is 0 Å². The number of hydrogen-bond acceptors (Lipinski definition) is 3. The van der Waals surface area contributed by atoms with E-state index in [4.69, 9.17) is 4.74 Å². The van der Waals surface area contributed by atoms with Crippen molar-refractivity contribution >= 4 is 5.91 Å². The van der Waals surface area contributed by atoms with E-state index >= 15 is 0 Å². The minimum Gasteiger partial charge on any atom is -0.494 e. The molecular formula is C22H24F2N2O2. The van der Waals surface area contributed by atoms with Gasteiger partial charge in [0.15, 0.2) is 11.6 Å². The molecule has 148 valence electrons. The standard InChI is InChI=1S/C22H24F2N2O2/c1-28-19-10-9-18(20(23)21(19)24)22(27)26-13-16-7-8-17(26)14-25(12-16)11-15-5-3-2-4-6-15/h2-6,9-10,16-17H,7-8,11-14H2,1H3/t16-,17+/m0/s1. The van der Waals surface area contributed by atoms with E-state index in [-0.39, 0.29) is 17.4 Å². The van der Waals surface area contributed by atoms with Gasteiger partial charge in [0.1, 0.15) is 0 Å². The van der Waals surface area contributed by atoms with E-state index in [0.717, 1.165) is 32.5 Å². The van der Waals surface area contributed by atoms with Crippen LogP contribution < -0.4 is 4.74 Å². The molecule has 28 heavy (non-hydrogen) atoms. The number of amides is 1. The van der Waals surface area contributed by atoms with Crippen LogP contribution in [0.4, 0.5) is 8.78 Å². The third-order valence-electron chi connectivity index (χ3n) is 5.80. The maximum Gasteiger partial charge on any atom is 0.257 e. The third kappa shape index (κ3) is 3.61. The Balaban J connectivity index is 1.54. The van der Waals surface area contributed by atoms with E-state index in [2.05, 4.69) is 17.0 Å². The Morgan fingerprint density at radius 3 is 2.57 bits per heavy atom. The lowest BCUT2D eigenvalue weighted by Gasteiger charge is -2.36. The van der Waals surface area contributed by atoms with Crippen molar-refractivity contribution in [3.05, 3.63) is 65.2 Å². The first kappa shape index (κ1) is 18.9. The van der Waals surface area contributed by atoms with E-state index in [1.165, 1.54) is 24.8 Å². The largest absolute Gasteiger partial charge is 0.494 e. The first-order valence-electron chi connectivity index (χ1n) is 9.66. The molecule has 0 saturated carbocycles. The van der Waals surface area contributed by atoms with Gasteiger partial charge in [-0.05, 0) is 36.5 Å². The smallest absolute Gasteiger partial charge is 0.257 e. The van der Waals surface area contributed by atoms with E-state index in [0.29, 0.717) is 12.5 Å². The van der Waals surface area contributed by atoms with E-state index < -0.39 is 17.5 Å². The molecule has 5 rings (SSSR count). The zero-order valence-corrected chi connectivity index (χ0v) is 15.9. The predicted octanol–water partition coefficient (Wildman–Crippen LogP) is 3.71. The molecule has 0 aromatic heterocycles. The van der Waals surface area contributed by atoms with Crippen LogP contribution in [0.25, 0.3) is 0 Å². The summed E-state index contributed by atoms with van der Waals surface area (Å²) in [6.45, 7) is 3.08. The van der Waals surface area contributed by atoms with Crippen LogP contribution in [-0.4, -0.2) is 48.5 Å². The average Bonchev–Trinajstić information content (AvgIpc) is 3.01.